The van der Waals surface area contributed by atoms with Crippen LogP contribution in [-0.2, 0) is 4.79 Å². The van der Waals surface area contributed by atoms with E-state index < -0.39 is 5.97 Å². The second-order valence-corrected chi connectivity index (χ2v) is 5.99. The van der Waals surface area contributed by atoms with Gasteiger partial charge in [-0.3, -0.25) is 4.79 Å². The molecule has 1 aromatic carbocycles. The summed E-state index contributed by atoms with van der Waals surface area (Å²) < 4.78 is 1.15. The molecule has 0 saturated heterocycles. The van der Waals surface area contributed by atoms with Crippen molar-refractivity contribution in [2.24, 2.45) is 0 Å². The maximum atomic E-state index is 11.8. The third kappa shape index (κ3) is 4.93. The van der Waals surface area contributed by atoms with Crippen molar-refractivity contribution in [3.8, 4) is 0 Å². The van der Waals surface area contributed by atoms with Crippen molar-refractivity contribution >= 4 is 49.4 Å². The third-order valence-electron chi connectivity index (χ3n) is 2.34. The monoisotopic (exact) mass is 392 g/mol. The Hall–Kier alpha value is -0.920. The molecule has 1 amide bonds. The number of carbonyl (C=O) groups excluding carboxylic acids is 1. The number of nitrogens with one attached hydrogen (secondary N) is 1. The van der Waals surface area contributed by atoms with E-state index in [1.165, 1.54) is 6.07 Å². The molecule has 0 aliphatic heterocycles. The van der Waals surface area contributed by atoms with Crippen LogP contribution in [0.2, 0.25) is 0 Å². The van der Waals surface area contributed by atoms with Gasteiger partial charge in [-0.25, -0.2) is 4.79 Å². The number of benzene rings is 1. The number of carboxylic acid groups (broad SMARTS) is 1. The van der Waals surface area contributed by atoms with Crippen LogP contribution < -0.4 is 5.32 Å². The molecule has 7 heteroatoms. The second kappa shape index (κ2) is 7.02. The van der Waals surface area contributed by atoms with Crippen LogP contribution in [0, 0.1) is 0 Å². The fraction of sp³-hybridized carbons (Fsp3) is 0.333. The first-order valence-corrected chi connectivity index (χ1v) is 7.06. The maximum Gasteiger partial charge on any atom is 0.337 e. The average molecular weight is 394 g/mol. The minimum Gasteiger partial charge on any atom is -0.478 e. The third-order valence-corrected chi connectivity index (χ3v) is 3.42. The Bertz CT molecular complexity index is 504. The first-order valence-electron chi connectivity index (χ1n) is 5.48. The highest BCUT2D eigenvalue weighted by molar-refractivity contribution is 9.11. The van der Waals surface area contributed by atoms with E-state index in [2.05, 4.69) is 37.2 Å². The topological polar surface area (TPSA) is 69.6 Å². The number of carbonyl (C=O) groups is 2. The summed E-state index contributed by atoms with van der Waals surface area (Å²) in [5.41, 5.74) is 0.318. The van der Waals surface area contributed by atoms with Gasteiger partial charge in [0.25, 0.3) is 0 Å². The SMILES string of the molecule is CN(C)CCC(=O)Nc1c(Br)cc(Br)cc1C(=O)O. The minimum atomic E-state index is -1.09. The summed E-state index contributed by atoms with van der Waals surface area (Å²) in [6.45, 7) is 0.600. The predicted molar refractivity (Wildman–Crippen MR) is 80.6 cm³/mol. The number of nitrogens with zero attached hydrogens (tertiary/aromatic N) is 1. The summed E-state index contributed by atoms with van der Waals surface area (Å²) in [6.07, 6.45) is 0.300. The summed E-state index contributed by atoms with van der Waals surface area (Å²) in [4.78, 5) is 24.8. The molecular weight excluding hydrogens is 380 g/mol. The summed E-state index contributed by atoms with van der Waals surface area (Å²) in [7, 11) is 3.73. The maximum absolute atomic E-state index is 11.8. The van der Waals surface area contributed by atoms with Crippen LogP contribution in [0.3, 0.4) is 0 Å². The molecule has 0 aromatic heterocycles. The van der Waals surface area contributed by atoms with Crippen molar-refractivity contribution in [1.82, 2.24) is 4.90 Å². The molecule has 0 heterocycles. The molecule has 5 nitrogen and oxygen atoms in total. The molecule has 0 bridgehead atoms. The van der Waals surface area contributed by atoms with Crippen molar-refractivity contribution in [2.45, 2.75) is 6.42 Å². The second-order valence-electron chi connectivity index (χ2n) is 4.22. The highest BCUT2D eigenvalue weighted by atomic mass is 79.9. The Labute approximate surface area is 128 Å². The van der Waals surface area contributed by atoms with Crippen LogP contribution in [0.5, 0.6) is 0 Å². The van der Waals surface area contributed by atoms with E-state index in [1.54, 1.807) is 6.07 Å². The van der Waals surface area contributed by atoms with E-state index in [9.17, 15) is 9.59 Å². The normalized spacial score (nSPS) is 10.6. The predicted octanol–water partition coefficient (Wildman–Crippen LogP) is 2.80. The van der Waals surface area contributed by atoms with E-state index in [0.717, 1.165) is 0 Å². The molecule has 0 unspecified atom stereocenters. The van der Waals surface area contributed by atoms with Gasteiger partial charge < -0.3 is 15.3 Å². The Morgan fingerprint density at radius 3 is 2.47 bits per heavy atom. The number of anilines is 1. The molecule has 104 valence electrons. The van der Waals surface area contributed by atoms with Crippen LogP contribution >= 0.6 is 31.9 Å². The van der Waals surface area contributed by atoms with E-state index >= 15 is 0 Å². The summed E-state index contributed by atoms with van der Waals surface area (Å²) in [5.74, 6) is -1.32. The fourth-order valence-corrected chi connectivity index (χ4v) is 2.72. The molecule has 0 atom stereocenters. The van der Waals surface area contributed by atoms with Crippen molar-refractivity contribution in [1.29, 1.82) is 0 Å². The van der Waals surface area contributed by atoms with Gasteiger partial charge in [-0.15, -0.1) is 0 Å². The van der Waals surface area contributed by atoms with E-state index in [0.29, 0.717) is 21.9 Å². The van der Waals surface area contributed by atoms with Crippen molar-refractivity contribution in [3.05, 3.63) is 26.6 Å². The summed E-state index contributed by atoms with van der Waals surface area (Å²) >= 11 is 6.48. The number of carboxylic acids is 1. The van der Waals surface area contributed by atoms with Crippen LogP contribution in [0.1, 0.15) is 16.8 Å². The van der Waals surface area contributed by atoms with E-state index in [1.807, 2.05) is 19.0 Å². The molecule has 1 rings (SSSR count). The van der Waals surface area contributed by atoms with Crippen LogP contribution in [0.15, 0.2) is 21.1 Å². The number of aromatic carboxylic acids is 1. The summed E-state index contributed by atoms with van der Waals surface area (Å²) in [6, 6.07) is 3.14. The molecule has 19 heavy (non-hydrogen) atoms. The lowest BCUT2D eigenvalue weighted by Crippen LogP contribution is -2.22. The first-order chi connectivity index (χ1) is 8.81. The highest BCUT2D eigenvalue weighted by Crippen LogP contribution is 2.31. The van der Waals surface area contributed by atoms with Gasteiger partial charge in [0.05, 0.1) is 11.3 Å². The molecule has 0 saturated carbocycles. The molecule has 1 aromatic rings. The van der Waals surface area contributed by atoms with Gasteiger partial charge in [0.15, 0.2) is 0 Å². The van der Waals surface area contributed by atoms with Gasteiger partial charge in [0.2, 0.25) is 5.91 Å². The van der Waals surface area contributed by atoms with Gasteiger partial charge >= 0.3 is 5.97 Å². The quantitative estimate of drug-likeness (QED) is 0.806. The standard InChI is InChI=1S/C12H14Br2N2O3/c1-16(2)4-3-10(17)15-11-8(12(18)19)5-7(13)6-9(11)14/h5-6H,3-4H2,1-2H3,(H,15,17)(H,18,19). The van der Waals surface area contributed by atoms with Gasteiger partial charge in [-0.2, -0.15) is 0 Å². The molecule has 2 N–H and O–H groups in total. The average Bonchev–Trinajstić information content (AvgIpc) is 2.29. The zero-order chi connectivity index (χ0) is 14.6. The number of halogens is 2. The molecule has 0 fully saturated rings. The molecular formula is C12H14Br2N2O3. The minimum absolute atomic E-state index is 0.0412. The van der Waals surface area contributed by atoms with Crippen molar-refractivity contribution in [3.63, 3.8) is 0 Å². The molecule has 0 radical (unpaired) electrons. The lowest BCUT2D eigenvalue weighted by atomic mass is 10.1. The van der Waals surface area contributed by atoms with Gasteiger partial charge in [0, 0.05) is 21.9 Å². The molecule has 0 spiro atoms. The van der Waals surface area contributed by atoms with Crippen molar-refractivity contribution in [2.75, 3.05) is 26.0 Å². The lowest BCUT2D eigenvalue weighted by molar-refractivity contribution is -0.116. The smallest absolute Gasteiger partial charge is 0.337 e. The lowest BCUT2D eigenvalue weighted by Gasteiger charge is -2.13. The number of rotatable bonds is 5. The van der Waals surface area contributed by atoms with E-state index in [4.69, 9.17) is 5.11 Å². The van der Waals surface area contributed by atoms with Crippen molar-refractivity contribution < 1.29 is 14.7 Å². The highest BCUT2D eigenvalue weighted by Gasteiger charge is 2.16. The van der Waals surface area contributed by atoms with Gasteiger partial charge in [-0.1, -0.05) is 15.9 Å². The Morgan fingerprint density at radius 1 is 1.32 bits per heavy atom. The number of hydrogen-bond donors (Lipinski definition) is 2. The fourth-order valence-electron chi connectivity index (χ4n) is 1.40. The largest absolute Gasteiger partial charge is 0.478 e. The van der Waals surface area contributed by atoms with Gasteiger partial charge in [-0.05, 0) is 42.2 Å². The zero-order valence-electron chi connectivity index (χ0n) is 10.5. The van der Waals surface area contributed by atoms with Gasteiger partial charge in [0.1, 0.15) is 0 Å². The molecule has 0 aliphatic carbocycles. The first kappa shape index (κ1) is 16.1. The van der Waals surface area contributed by atoms with Crippen LogP contribution in [-0.4, -0.2) is 42.5 Å². The van der Waals surface area contributed by atoms with Crippen LogP contribution in [0.4, 0.5) is 5.69 Å². The summed E-state index contributed by atoms with van der Waals surface area (Å²) in [5, 5.41) is 11.8. The van der Waals surface area contributed by atoms with E-state index in [-0.39, 0.29) is 17.2 Å². The molecule has 0 aliphatic rings. The number of hydrogen-bond acceptors (Lipinski definition) is 3. The zero-order valence-corrected chi connectivity index (χ0v) is 13.7. The van der Waals surface area contributed by atoms with Crippen LogP contribution in [0.25, 0.3) is 0 Å². The Kier molecular flexibility index (Phi) is 5.96. The Morgan fingerprint density at radius 2 is 1.95 bits per heavy atom. The Balaban J connectivity index is 2.94. The number of amides is 1.